The number of carbonyl (C=O) groups excluding carboxylic acids is 2. The van der Waals surface area contributed by atoms with Crippen molar-refractivity contribution >= 4 is 11.9 Å². The number of hydrogen-bond acceptors (Lipinski definition) is 7. The van der Waals surface area contributed by atoms with Crippen molar-refractivity contribution in [3.8, 4) is 0 Å². The van der Waals surface area contributed by atoms with Crippen molar-refractivity contribution in [3.05, 3.63) is 0 Å². The number of carbonyl (C=O) groups is 2. The standard InChI is InChI=1S/C36H59NO7/c1-7-20-37-31(39)14-11-23(2)27-12-13-28-32-29(15-17-34(27,28)6)33(5)18-19-35(22-26(33)21-30(32)40-25(4)38)41-43-36(44-42-35)16-9-8-10-24(36)3/h23-24,26-30,32H,7-22H2,1-6H3,(H,37,39)/t23-,24?,26-,27-,28+,29+,30-,32+,33+,34-,35?,36?/m1/s1. The SMILES string of the molecule is CCCNC(=O)CC[C@@H](C)[C@H]1CC[C@H]2[C@@H]3[C@H](OC(C)=O)C[C@@H]4CC5(CC[C@]4(C)[C@H]3CC[C@]12C)OOC1(CCCCC1C)OO5. The number of ether oxygens (including phenoxy) is 1. The molecule has 44 heavy (non-hydrogen) atoms. The summed E-state index contributed by atoms with van der Waals surface area (Å²) in [6.07, 6.45) is 14.5. The maximum Gasteiger partial charge on any atom is 0.302 e. The molecule has 8 nitrogen and oxygen atoms in total. The molecule has 1 heterocycles. The summed E-state index contributed by atoms with van der Waals surface area (Å²) in [5.74, 6) is 1.29. The van der Waals surface area contributed by atoms with E-state index in [4.69, 9.17) is 24.3 Å². The lowest BCUT2D eigenvalue weighted by molar-refractivity contribution is -0.671. The van der Waals surface area contributed by atoms with Crippen molar-refractivity contribution in [2.75, 3.05) is 6.54 Å². The van der Waals surface area contributed by atoms with Gasteiger partial charge in [0, 0.05) is 51.0 Å². The summed E-state index contributed by atoms with van der Waals surface area (Å²) in [5.41, 5.74) is 0.329. The van der Waals surface area contributed by atoms with Crippen LogP contribution in [0.1, 0.15) is 138 Å². The van der Waals surface area contributed by atoms with E-state index in [0.717, 1.165) is 64.3 Å². The van der Waals surface area contributed by atoms with Gasteiger partial charge in [-0.2, -0.15) is 19.6 Å². The summed E-state index contributed by atoms with van der Waals surface area (Å²) < 4.78 is 6.26. The largest absolute Gasteiger partial charge is 0.462 e. The highest BCUT2D eigenvalue weighted by atomic mass is 17.4. The molecular formula is C36H59NO7. The Labute approximate surface area is 265 Å². The first-order chi connectivity index (χ1) is 21.0. The minimum Gasteiger partial charge on any atom is -0.462 e. The second kappa shape index (κ2) is 12.4. The zero-order valence-corrected chi connectivity index (χ0v) is 28.3. The van der Waals surface area contributed by atoms with Crippen molar-refractivity contribution in [2.24, 2.45) is 52.3 Å². The zero-order chi connectivity index (χ0) is 31.3. The van der Waals surface area contributed by atoms with E-state index < -0.39 is 11.6 Å². The first kappa shape index (κ1) is 32.7. The molecule has 1 unspecified atom stereocenters. The van der Waals surface area contributed by atoms with Gasteiger partial charge in [0.2, 0.25) is 17.5 Å². The van der Waals surface area contributed by atoms with E-state index in [9.17, 15) is 9.59 Å². The third kappa shape index (κ3) is 5.66. The predicted octanol–water partition coefficient (Wildman–Crippen LogP) is 7.64. The van der Waals surface area contributed by atoms with E-state index in [2.05, 4.69) is 39.9 Å². The lowest BCUT2D eigenvalue weighted by atomic mass is 9.43. The Balaban J connectivity index is 1.17. The van der Waals surface area contributed by atoms with Gasteiger partial charge in [-0.15, -0.1) is 0 Å². The third-order valence-corrected chi connectivity index (χ3v) is 14.0. The summed E-state index contributed by atoms with van der Waals surface area (Å²) in [6.45, 7) is 14.0. The van der Waals surface area contributed by atoms with E-state index >= 15 is 0 Å². The molecule has 1 N–H and O–H groups in total. The van der Waals surface area contributed by atoms with E-state index in [1.807, 2.05) is 0 Å². The first-order valence-electron chi connectivity index (χ1n) is 18.1. The Morgan fingerprint density at radius 3 is 2.39 bits per heavy atom. The van der Waals surface area contributed by atoms with Crippen LogP contribution in [-0.2, 0) is 33.9 Å². The number of amides is 1. The highest BCUT2D eigenvalue weighted by molar-refractivity contribution is 5.75. The van der Waals surface area contributed by atoms with Crippen LogP contribution in [0, 0.1) is 52.3 Å². The van der Waals surface area contributed by atoms with Gasteiger partial charge in [0.25, 0.3) is 0 Å². The van der Waals surface area contributed by atoms with Crippen LogP contribution in [0.25, 0.3) is 0 Å². The van der Waals surface area contributed by atoms with Gasteiger partial charge in [0.1, 0.15) is 6.10 Å². The van der Waals surface area contributed by atoms with Crippen molar-refractivity contribution in [1.82, 2.24) is 5.32 Å². The number of esters is 1. The van der Waals surface area contributed by atoms with Crippen LogP contribution in [0.15, 0.2) is 0 Å². The van der Waals surface area contributed by atoms with E-state index in [1.165, 1.54) is 25.7 Å². The molecule has 0 aromatic carbocycles. The number of nitrogens with one attached hydrogen (secondary N) is 1. The molecule has 0 radical (unpaired) electrons. The summed E-state index contributed by atoms with van der Waals surface area (Å²) in [7, 11) is 0. The molecule has 250 valence electrons. The van der Waals surface area contributed by atoms with Crippen molar-refractivity contribution in [3.63, 3.8) is 0 Å². The van der Waals surface area contributed by atoms with Crippen LogP contribution >= 0.6 is 0 Å². The van der Waals surface area contributed by atoms with Gasteiger partial charge >= 0.3 is 5.97 Å². The quantitative estimate of drug-likeness (QED) is 0.232. The Kier molecular flexibility index (Phi) is 9.24. The fraction of sp³-hybridized carbons (Fsp3) is 0.944. The van der Waals surface area contributed by atoms with Crippen molar-refractivity contribution in [2.45, 2.75) is 156 Å². The molecule has 0 aromatic rings. The molecule has 6 fully saturated rings. The molecule has 8 heteroatoms. The number of fused-ring (bicyclic) bond motifs is 5. The van der Waals surface area contributed by atoms with E-state index in [1.54, 1.807) is 6.92 Å². The van der Waals surface area contributed by atoms with Crippen LogP contribution in [0.3, 0.4) is 0 Å². The highest BCUT2D eigenvalue weighted by Gasteiger charge is 2.66. The van der Waals surface area contributed by atoms with Crippen LogP contribution in [-0.4, -0.2) is 36.1 Å². The molecule has 1 amide bonds. The van der Waals surface area contributed by atoms with E-state index in [-0.39, 0.29) is 40.6 Å². The molecule has 2 spiro atoms. The van der Waals surface area contributed by atoms with Crippen LogP contribution in [0.5, 0.6) is 0 Å². The molecule has 6 aliphatic rings. The number of rotatable bonds is 7. The smallest absolute Gasteiger partial charge is 0.302 e. The van der Waals surface area contributed by atoms with Crippen LogP contribution < -0.4 is 5.32 Å². The lowest BCUT2D eigenvalue weighted by Gasteiger charge is -2.64. The molecular weight excluding hydrogens is 558 g/mol. The average Bonchev–Trinajstić information content (AvgIpc) is 3.35. The summed E-state index contributed by atoms with van der Waals surface area (Å²) in [4.78, 5) is 49.6. The van der Waals surface area contributed by atoms with Crippen LogP contribution in [0.4, 0.5) is 0 Å². The minimum absolute atomic E-state index is 0.0978. The van der Waals surface area contributed by atoms with Gasteiger partial charge in [-0.25, -0.2) is 0 Å². The normalized spacial score (nSPS) is 47.4. The predicted molar refractivity (Wildman–Crippen MR) is 165 cm³/mol. The minimum atomic E-state index is -0.902. The molecule has 6 rings (SSSR count). The fourth-order valence-electron chi connectivity index (χ4n) is 11.4. The average molecular weight is 618 g/mol. The van der Waals surface area contributed by atoms with Gasteiger partial charge in [-0.1, -0.05) is 41.0 Å². The molecule has 0 bridgehead atoms. The molecule has 1 aliphatic heterocycles. The second-order valence-electron chi connectivity index (χ2n) is 16.4. The number of hydrogen-bond donors (Lipinski definition) is 1. The molecule has 1 saturated heterocycles. The first-order valence-corrected chi connectivity index (χ1v) is 18.1. The fourth-order valence-corrected chi connectivity index (χ4v) is 11.4. The molecule has 5 aliphatic carbocycles. The summed E-state index contributed by atoms with van der Waals surface area (Å²) in [5, 5.41) is 3.05. The molecule has 10 atom stereocenters. The highest BCUT2D eigenvalue weighted by Crippen LogP contribution is 2.69. The van der Waals surface area contributed by atoms with E-state index in [0.29, 0.717) is 42.4 Å². The Morgan fingerprint density at radius 1 is 0.932 bits per heavy atom. The van der Waals surface area contributed by atoms with Gasteiger partial charge in [-0.05, 0) is 105 Å². The Morgan fingerprint density at radius 2 is 1.68 bits per heavy atom. The lowest BCUT2D eigenvalue weighted by Crippen LogP contribution is -2.63. The Bertz CT molecular complexity index is 1060. The van der Waals surface area contributed by atoms with Gasteiger partial charge in [0.05, 0.1) is 0 Å². The Hall–Kier alpha value is -1.22. The van der Waals surface area contributed by atoms with Crippen LogP contribution in [0.2, 0.25) is 0 Å². The monoisotopic (exact) mass is 617 g/mol. The molecule has 0 aromatic heterocycles. The second-order valence-corrected chi connectivity index (χ2v) is 16.4. The van der Waals surface area contributed by atoms with Gasteiger partial charge in [0.15, 0.2) is 0 Å². The third-order valence-electron chi connectivity index (χ3n) is 14.0. The topological polar surface area (TPSA) is 92.3 Å². The molecule has 5 saturated carbocycles. The van der Waals surface area contributed by atoms with Gasteiger partial charge < -0.3 is 10.1 Å². The summed E-state index contributed by atoms with van der Waals surface area (Å²) >= 11 is 0. The maximum absolute atomic E-state index is 12.5. The van der Waals surface area contributed by atoms with Crippen molar-refractivity contribution in [1.29, 1.82) is 0 Å². The van der Waals surface area contributed by atoms with Crippen molar-refractivity contribution < 1.29 is 33.9 Å². The zero-order valence-electron chi connectivity index (χ0n) is 28.3. The van der Waals surface area contributed by atoms with Gasteiger partial charge in [-0.3, -0.25) is 9.59 Å². The summed E-state index contributed by atoms with van der Waals surface area (Å²) in [6, 6.07) is 0. The maximum atomic E-state index is 12.5.